The molecule has 0 amide bonds. The minimum Gasteiger partial charge on any atom is -0.504 e. The van der Waals surface area contributed by atoms with Gasteiger partial charge in [0, 0.05) is 25.6 Å². The fourth-order valence-corrected chi connectivity index (χ4v) is 3.09. The van der Waals surface area contributed by atoms with E-state index in [1.54, 1.807) is 24.0 Å². The van der Waals surface area contributed by atoms with E-state index >= 15 is 0 Å². The Hall–Kier alpha value is -3.30. The fraction of sp³-hybridized carbons (Fsp3) is 0.200. The molecule has 3 rings (SSSR count). The number of anilines is 1. The first-order valence-electron chi connectivity index (χ1n) is 7.51. The van der Waals surface area contributed by atoms with Crippen LogP contribution in [0.1, 0.15) is 11.3 Å². The Balaban J connectivity index is 2.00. The lowest BCUT2D eigenvalue weighted by Gasteiger charge is -2.15. The molecule has 2 heterocycles. The van der Waals surface area contributed by atoms with E-state index in [2.05, 4.69) is 34.2 Å². The predicted octanol–water partition coefficient (Wildman–Crippen LogP) is 4.78. The lowest BCUT2D eigenvalue weighted by atomic mass is 10.2. The molecule has 12 heteroatoms. The highest BCUT2D eigenvalue weighted by atomic mass is 32.1. The predicted molar refractivity (Wildman–Crippen MR) is 102 cm³/mol. The van der Waals surface area contributed by atoms with Gasteiger partial charge in [-0.05, 0) is 30.6 Å². The smallest absolute Gasteiger partial charge is 0.249 e. The maximum absolute atomic E-state index is 10.6. The van der Waals surface area contributed by atoms with Crippen molar-refractivity contribution in [1.29, 1.82) is 5.26 Å². The van der Waals surface area contributed by atoms with E-state index in [1.807, 2.05) is 20.2 Å². The standard InChI is InChI=1S/C15H13N9OS2/c1-8-9(6-16)14(26-23-8)21-19-10-4-5-11(24(2)3)12(13(10)25)20-22-15-17-7-18-27-15/h4-5,7,25H,1-3H3/b21-19+,22-20+. The summed E-state index contributed by atoms with van der Waals surface area (Å²) in [4.78, 5) is 5.72. The summed E-state index contributed by atoms with van der Waals surface area (Å²) >= 11 is 2.15. The van der Waals surface area contributed by atoms with Crippen LogP contribution in [-0.2, 0) is 0 Å². The van der Waals surface area contributed by atoms with Gasteiger partial charge in [-0.15, -0.1) is 20.5 Å². The molecule has 0 aliphatic carbocycles. The molecular formula is C15H13N9OS2. The van der Waals surface area contributed by atoms with Gasteiger partial charge in [0.15, 0.2) is 16.4 Å². The zero-order chi connectivity index (χ0) is 19.4. The van der Waals surface area contributed by atoms with Gasteiger partial charge >= 0.3 is 0 Å². The lowest BCUT2D eigenvalue weighted by Crippen LogP contribution is -2.08. The van der Waals surface area contributed by atoms with Crippen LogP contribution >= 0.6 is 23.1 Å². The Labute approximate surface area is 162 Å². The van der Waals surface area contributed by atoms with E-state index in [9.17, 15) is 5.11 Å². The normalized spacial score (nSPS) is 11.3. The van der Waals surface area contributed by atoms with Crippen LogP contribution in [0.3, 0.4) is 0 Å². The molecule has 0 aliphatic rings. The van der Waals surface area contributed by atoms with Gasteiger partial charge in [-0.25, -0.2) is 4.98 Å². The van der Waals surface area contributed by atoms with Crippen LogP contribution in [0, 0.1) is 18.3 Å². The summed E-state index contributed by atoms with van der Waals surface area (Å²) in [5.74, 6) is -0.182. The van der Waals surface area contributed by atoms with Crippen molar-refractivity contribution < 1.29 is 5.11 Å². The van der Waals surface area contributed by atoms with E-state index in [4.69, 9.17) is 5.26 Å². The molecule has 0 spiro atoms. The fourth-order valence-electron chi connectivity index (χ4n) is 2.06. The molecule has 0 saturated heterocycles. The monoisotopic (exact) mass is 399 g/mol. The van der Waals surface area contributed by atoms with Gasteiger partial charge in [0.1, 0.15) is 23.6 Å². The van der Waals surface area contributed by atoms with Crippen molar-refractivity contribution in [3.63, 3.8) is 0 Å². The Kier molecular flexibility index (Phi) is 5.43. The third-order valence-electron chi connectivity index (χ3n) is 3.38. The van der Waals surface area contributed by atoms with Gasteiger partial charge in [-0.3, -0.25) is 0 Å². The Morgan fingerprint density at radius 2 is 1.96 bits per heavy atom. The molecule has 0 unspecified atom stereocenters. The van der Waals surface area contributed by atoms with Crippen LogP contribution in [-0.4, -0.2) is 32.9 Å². The van der Waals surface area contributed by atoms with Gasteiger partial charge in [-0.2, -0.15) is 14.0 Å². The second-order valence-corrected chi connectivity index (χ2v) is 6.89. The maximum Gasteiger partial charge on any atom is 0.249 e. The number of azo groups is 2. The lowest BCUT2D eigenvalue weighted by molar-refractivity contribution is 0.477. The van der Waals surface area contributed by atoms with E-state index in [0.717, 1.165) is 23.1 Å². The third kappa shape index (κ3) is 3.94. The highest BCUT2D eigenvalue weighted by molar-refractivity contribution is 7.10. The quantitative estimate of drug-likeness (QED) is 0.613. The highest BCUT2D eigenvalue weighted by Crippen LogP contribution is 2.44. The molecule has 136 valence electrons. The molecule has 1 N–H and O–H groups in total. The van der Waals surface area contributed by atoms with Gasteiger partial charge in [0.05, 0.1) is 11.4 Å². The zero-order valence-electron chi connectivity index (χ0n) is 14.5. The van der Waals surface area contributed by atoms with Crippen LogP contribution in [0.4, 0.5) is 27.2 Å². The number of aryl methyl sites for hydroxylation is 1. The molecule has 0 fully saturated rings. The van der Waals surface area contributed by atoms with Crippen molar-refractivity contribution in [3.8, 4) is 11.8 Å². The molecule has 0 aliphatic heterocycles. The average molecular weight is 399 g/mol. The largest absolute Gasteiger partial charge is 0.504 e. The number of nitrogens with zero attached hydrogens (tertiary/aromatic N) is 9. The topological polar surface area (TPSA) is 135 Å². The summed E-state index contributed by atoms with van der Waals surface area (Å²) in [6.45, 7) is 1.73. The molecular weight excluding hydrogens is 386 g/mol. The molecule has 10 nitrogen and oxygen atoms in total. The number of phenols is 1. The van der Waals surface area contributed by atoms with Gasteiger partial charge < -0.3 is 10.0 Å². The van der Waals surface area contributed by atoms with Crippen LogP contribution in [0.2, 0.25) is 0 Å². The van der Waals surface area contributed by atoms with Crippen molar-refractivity contribution in [3.05, 3.63) is 29.7 Å². The number of nitriles is 1. The van der Waals surface area contributed by atoms with E-state index in [1.165, 1.54) is 6.33 Å². The van der Waals surface area contributed by atoms with E-state index in [-0.39, 0.29) is 17.1 Å². The first-order chi connectivity index (χ1) is 13.0. The number of benzene rings is 1. The summed E-state index contributed by atoms with van der Waals surface area (Å²) in [5, 5.41) is 36.7. The van der Waals surface area contributed by atoms with Gasteiger partial charge in [0.25, 0.3) is 0 Å². The average Bonchev–Trinajstić information content (AvgIpc) is 3.28. The minimum atomic E-state index is -0.182. The molecule has 27 heavy (non-hydrogen) atoms. The third-order valence-corrected chi connectivity index (χ3v) is 4.75. The highest BCUT2D eigenvalue weighted by Gasteiger charge is 2.15. The second kappa shape index (κ2) is 7.94. The molecule has 0 bridgehead atoms. The second-order valence-electron chi connectivity index (χ2n) is 5.38. The zero-order valence-corrected chi connectivity index (χ0v) is 16.2. The summed E-state index contributed by atoms with van der Waals surface area (Å²) in [5.41, 5.74) is 2.03. The molecule has 1 aromatic carbocycles. The summed E-state index contributed by atoms with van der Waals surface area (Å²) in [6.07, 6.45) is 1.38. The van der Waals surface area contributed by atoms with E-state index < -0.39 is 0 Å². The van der Waals surface area contributed by atoms with Crippen LogP contribution in [0.25, 0.3) is 0 Å². The van der Waals surface area contributed by atoms with Crippen molar-refractivity contribution in [1.82, 2.24) is 13.7 Å². The molecule has 2 aromatic heterocycles. The van der Waals surface area contributed by atoms with Crippen LogP contribution in [0.15, 0.2) is 38.9 Å². The Morgan fingerprint density at radius 3 is 2.63 bits per heavy atom. The van der Waals surface area contributed by atoms with Crippen LogP contribution < -0.4 is 4.90 Å². The van der Waals surface area contributed by atoms with Crippen LogP contribution in [0.5, 0.6) is 5.75 Å². The van der Waals surface area contributed by atoms with Crippen molar-refractivity contribution in [2.24, 2.45) is 20.5 Å². The van der Waals surface area contributed by atoms with Gasteiger partial charge in [-0.1, -0.05) is 0 Å². The summed E-state index contributed by atoms with van der Waals surface area (Å²) in [7, 11) is 3.64. The van der Waals surface area contributed by atoms with E-state index in [0.29, 0.717) is 27.1 Å². The van der Waals surface area contributed by atoms with Crippen molar-refractivity contribution in [2.75, 3.05) is 19.0 Å². The molecule has 3 aromatic rings. The number of hydrogen-bond donors (Lipinski definition) is 1. The summed E-state index contributed by atoms with van der Waals surface area (Å²) < 4.78 is 7.94. The molecule has 0 atom stereocenters. The van der Waals surface area contributed by atoms with Crippen molar-refractivity contribution >= 4 is 50.3 Å². The maximum atomic E-state index is 10.6. The molecule has 0 radical (unpaired) electrons. The molecule has 0 saturated carbocycles. The summed E-state index contributed by atoms with van der Waals surface area (Å²) in [6, 6.07) is 5.40. The number of hydrogen-bond acceptors (Lipinski definition) is 12. The number of aromatic nitrogens is 3. The number of rotatable bonds is 5. The number of phenolic OH excluding ortho intramolecular Hbond substituents is 1. The Bertz CT molecular complexity index is 1050. The Morgan fingerprint density at radius 1 is 1.15 bits per heavy atom. The van der Waals surface area contributed by atoms with Crippen molar-refractivity contribution in [2.45, 2.75) is 6.92 Å². The number of aromatic hydroxyl groups is 1. The first-order valence-corrected chi connectivity index (χ1v) is 9.05. The SMILES string of the molecule is Cc1nsc(/N=N/c2ccc(N(C)C)c(/N=N/c3ncns3)c2O)c1C#N. The minimum absolute atomic E-state index is 0.182. The first kappa shape index (κ1) is 18.5. The van der Waals surface area contributed by atoms with Gasteiger partial charge in [0.2, 0.25) is 5.13 Å².